The van der Waals surface area contributed by atoms with Crippen LogP contribution in [-0.4, -0.2) is 34.4 Å². The molecular formula is C18H27N3O2. The summed E-state index contributed by atoms with van der Waals surface area (Å²) >= 11 is 0. The quantitative estimate of drug-likeness (QED) is 0.705. The summed E-state index contributed by atoms with van der Waals surface area (Å²) < 4.78 is 0. The number of amides is 1. The summed E-state index contributed by atoms with van der Waals surface area (Å²) in [7, 11) is 0. The number of hydrogen-bond acceptors (Lipinski definition) is 3. The number of carbonyl (C=O) groups is 1. The van der Waals surface area contributed by atoms with E-state index in [1.807, 2.05) is 27.7 Å². The van der Waals surface area contributed by atoms with E-state index < -0.39 is 0 Å². The number of aliphatic imine (C=N–C) groups is 1. The second-order valence-corrected chi connectivity index (χ2v) is 7.27. The van der Waals surface area contributed by atoms with E-state index in [4.69, 9.17) is 0 Å². The topological polar surface area (TPSA) is 77.5 Å². The van der Waals surface area contributed by atoms with E-state index in [0.29, 0.717) is 17.2 Å². The fourth-order valence-corrected chi connectivity index (χ4v) is 2.42. The van der Waals surface area contributed by atoms with Crippen molar-refractivity contribution in [2.24, 2.45) is 16.3 Å². The number of aliphatic hydroxyl groups excluding tert-OH is 1. The second kappa shape index (κ2) is 6.71. The molecule has 126 valence electrons. The lowest BCUT2D eigenvalue weighted by Gasteiger charge is -2.29. The highest BCUT2D eigenvalue weighted by Crippen LogP contribution is 2.34. The van der Waals surface area contributed by atoms with Crippen LogP contribution in [0, 0.1) is 18.3 Å². The maximum absolute atomic E-state index is 12.6. The van der Waals surface area contributed by atoms with Crippen molar-refractivity contribution in [3.63, 3.8) is 0 Å². The summed E-state index contributed by atoms with van der Waals surface area (Å²) in [5, 5.41) is 12.4. The molecular weight excluding hydrogens is 290 g/mol. The summed E-state index contributed by atoms with van der Waals surface area (Å²) in [4.78, 5) is 20.3. The van der Waals surface area contributed by atoms with Gasteiger partial charge in [0.25, 0.3) is 5.91 Å². The highest BCUT2D eigenvalue weighted by molar-refractivity contribution is 6.04. The van der Waals surface area contributed by atoms with Gasteiger partial charge in [0.15, 0.2) is 0 Å². The molecule has 1 atom stereocenters. The first-order chi connectivity index (χ1) is 10.8. The van der Waals surface area contributed by atoms with Crippen LogP contribution in [0.4, 0.5) is 5.69 Å². The summed E-state index contributed by atoms with van der Waals surface area (Å²) in [5.41, 5.74) is 2.74. The van der Waals surface area contributed by atoms with Gasteiger partial charge in [-0.25, -0.2) is 0 Å². The van der Waals surface area contributed by atoms with Crippen molar-refractivity contribution in [2.45, 2.75) is 46.6 Å². The molecule has 0 saturated heterocycles. The predicted octanol–water partition coefficient (Wildman–Crippen LogP) is 3.13. The summed E-state index contributed by atoms with van der Waals surface area (Å²) in [5.74, 6) is 0.249. The van der Waals surface area contributed by atoms with Gasteiger partial charge in [0.05, 0.1) is 23.9 Å². The number of carbonyl (C=O) groups excluding carboxylic acids is 1. The Morgan fingerprint density at radius 3 is 2.70 bits per heavy atom. The zero-order valence-electron chi connectivity index (χ0n) is 14.4. The minimum atomic E-state index is -0.315. The monoisotopic (exact) mass is 317 g/mol. The summed E-state index contributed by atoms with van der Waals surface area (Å²) in [6, 6.07) is -0.315. The van der Waals surface area contributed by atoms with Gasteiger partial charge in [0.2, 0.25) is 0 Å². The minimum absolute atomic E-state index is 0.1000. The van der Waals surface area contributed by atoms with Crippen LogP contribution in [0.15, 0.2) is 23.8 Å². The molecule has 5 nitrogen and oxygen atoms in total. The number of nitrogens with zero attached hydrogens (tertiary/aromatic N) is 1. The molecule has 1 amide bonds. The van der Waals surface area contributed by atoms with Crippen molar-refractivity contribution in [3.05, 3.63) is 30.1 Å². The van der Waals surface area contributed by atoms with Crippen LogP contribution in [0.5, 0.6) is 0 Å². The van der Waals surface area contributed by atoms with Crippen LogP contribution in [0.3, 0.4) is 0 Å². The van der Waals surface area contributed by atoms with Crippen LogP contribution < -0.4 is 5.32 Å². The highest BCUT2D eigenvalue weighted by atomic mass is 16.3. The van der Waals surface area contributed by atoms with Crippen LogP contribution in [0.25, 0.3) is 0 Å². The predicted molar refractivity (Wildman–Crippen MR) is 93.3 cm³/mol. The average molecular weight is 317 g/mol. The van der Waals surface area contributed by atoms with Gasteiger partial charge >= 0.3 is 0 Å². The lowest BCUT2D eigenvalue weighted by atomic mass is 9.87. The molecule has 1 heterocycles. The van der Waals surface area contributed by atoms with E-state index in [-0.39, 0.29) is 24.0 Å². The number of allylic oxidation sites excluding steroid dienone is 1. The summed E-state index contributed by atoms with van der Waals surface area (Å²) in [6.07, 6.45) is 5.71. The third kappa shape index (κ3) is 4.10. The molecule has 0 bridgehead atoms. The maximum Gasteiger partial charge on any atom is 0.255 e. The normalized spacial score (nSPS) is 17.0. The number of nitrogens with one attached hydrogen (secondary N) is 2. The lowest BCUT2D eigenvalue weighted by Crippen LogP contribution is -2.46. The van der Waals surface area contributed by atoms with E-state index in [0.717, 1.165) is 24.2 Å². The number of aryl methyl sites for hydroxylation is 1. The van der Waals surface area contributed by atoms with Gasteiger partial charge in [-0.15, -0.1) is 0 Å². The molecule has 2 rings (SSSR count). The van der Waals surface area contributed by atoms with E-state index in [2.05, 4.69) is 21.9 Å². The molecule has 0 spiro atoms. The Balaban J connectivity index is 2.26. The van der Waals surface area contributed by atoms with E-state index in [9.17, 15) is 9.90 Å². The molecule has 0 aromatic carbocycles. The van der Waals surface area contributed by atoms with Crippen molar-refractivity contribution in [2.75, 3.05) is 6.61 Å². The Labute approximate surface area is 137 Å². The zero-order valence-corrected chi connectivity index (χ0v) is 14.4. The van der Waals surface area contributed by atoms with Gasteiger partial charge in [-0.3, -0.25) is 9.79 Å². The number of aromatic amines is 1. The van der Waals surface area contributed by atoms with Crippen LogP contribution in [-0.2, 0) is 0 Å². The standard InChI is InChI=1S/C18H27N3O2/c1-6-14(12-7-8-12)20-16-11(2)19-9-13(16)17(23)21-15(10-22)18(3,4)5/h6,9,12,15,19,22H,1,7-8,10H2,2-5H3,(H,21,23)/b20-14+/t15-/m0/s1. The number of aromatic nitrogens is 1. The fourth-order valence-electron chi connectivity index (χ4n) is 2.42. The summed E-state index contributed by atoms with van der Waals surface area (Å²) in [6.45, 7) is 11.6. The van der Waals surface area contributed by atoms with Gasteiger partial charge in [-0.1, -0.05) is 27.4 Å². The highest BCUT2D eigenvalue weighted by Gasteiger charge is 2.29. The molecule has 3 N–H and O–H groups in total. The Morgan fingerprint density at radius 2 is 2.22 bits per heavy atom. The Morgan fingerprint density at radius 1 is 1.57 bits per heavy atom. The molecule has 1 saturated carbocycles. The first kappa shape index (κ1) is 17.5. The van der Waals surface area contributed by atoms with Gasteiger partial charge in [-0.05, 0) is 31.3 Å². The largest absolute Gasteiger partial charge is 0.394 e. The van der Waals surface area contributed by atoms with E-state index >= 15 is 0 Å². The molecule has 1 aliphatic rings. The van der Waals surface area contributed by atoms with Crippen molar-refractivity contribution < 1.29 is 9.90 Å². The first-order valence-corrected chi connectivity index (χ1v) is 8.08. The number of H-pyrrole nitrogens is 1. The molecule has 23 heavy (non-hydrogen) atoms. The van der Waals surface area contributed by atoms with Crippen molar-refractivity contribution >= 4 is 17.3 Å². The molecule has 1 aromatic heterocycles. The van der Waals surface area contributed by atoms with Crippen molar-refractivity contribution in [1.82, 2.24) is 10.3 Å². The molecule has 0 radical (unpaired) electrons. The van der Waals surface area contributed by atoms with Gasteiger partial charge < -0.3 is 15.4 Å². The molecule has 0 unspecified atom stereocenters. The van der Waals surface area contributed by atoms with E-state index in [1.165, 1.54) is 0 Å². The Bertz CT molecular complexity index is 619. The van der Waals surface area contributed by atoms with Crippen LogP contribution >= 0.6 is 0 Å². The third-order valence-corrected chi connectivity index (χ3v) is 4.27. The van der Waals surface area contributed by atoms with Crippen molar-refractivity contribution in [3.8, 4) is 0 Å². The molecule has 5 heteroatoms. The fraction of sp³-hybridized carbons (Fsp3) is 0.556. The van der Waals surface area contributed by atoms with E-state index in [1.54, 1.807) is 12.3 Å². The van der Waals surface area contributed by atoms with Crippen molar-refractivity contribution in [1.29, 1.82) is 0 Å². The second-order valence-electron chi connectivity index (χ2n) is 7.27. The van der Waals surface area contributed by atoms with Gasteiger partial charge in [0, 0.05) is 23.5 Å². The molecule has 1 aliphatic carbocycles. The Hall–Kier alpha value is -1.88. The molecule has 1 aromatic rings. The number of aliphatic hydroxyl groups is 1. The third-order valence-electron chi connectivity index (χ3n) is 4.27. The smallest absolute Gasteiger partial charge is 0.255 e. The lowest BCUT2D eigenvalue weighted by molar-refractivity contribution is 0.0849. The number of rotatable bonds is 6. The molecule has 1 fully saturated rings. The zero-order chi connectivity index (χ0) is 17.2. The first-order valence-electron chi connectivity index (χ1n) is 8.08. The number of hydrogen-bond donors (Lipinski definition) is 3. The molecule has 0 aliphatic heterocycles. The van der Waals surface area contributed by atoms with Crippen LogP contribution in [0.2, 0.25) is 0 Å². The van der Waals surface area contributed by atoms with Gasteiger partial charge in [-0.2, -0.15) is 0 Å². The maximum atomic E-state index is 12.6. The van der Waals surface area contributed by atoms with Gasteiger partial charge in [0.1, 0.15) is 0 Å². The minimum Gasteiger partial charge on any atom is -0.394 e. The Kier molecular flexibility index (Phi) is 5.09. The van der Waals surface area contributed by atoms with Crippen LogP contribution in [0.1, 0.15) is 49.7 Å². The average Bonchev–Trinajstić information content (AvgIpc) is 3.25. The SMILES string of the molecule is C=C/C(=N\c1c(C(=O)N[C@@H](CO)C(C)(C)C)c[nH]c1C)C1CC1.